The minimum Gasteiger partial charge on any atom is -0.423 e. The number of carbonyl (C=O) groups is 1. The molecule has 92 valence electrons. The molecule has 3 N–H and O–H groups in total. The summed E-state index contributed by atoms with van der Waals surface area (Å²) in [5, 5.41) is 20.6. The van der Waals surface area contributed by atoms with Crippen LogP contribution >= 0.6 is 0 Å². The molecule has 4 nitrogen and oxygen atoms in total. The zero-order valence-electron chi connectivity index (χ0n) is 10.0. The third-order valence-electron chi connectivity index (χ3n) is 2.54. The molecule has 0 spiro atoms. The summed E-state index contributed by atoms with van der Waals surface area (Å²) in [5.74, 6) is -0.125. The zero-order valence-corrected chi connectivity index (χ0v) is 10.0. The first-order valence-corrected chi connectivity index (χ1v) is 5.89. The smallest absolute Gasteiger partial charge is 0.423 e. The molecule has 0 radical (unpaired) electrons. The molecule has 0 fully saturated rings. The predicted octanol–water partition coefficient (Wildman–Crippen LogP) is 0.286. The van der Waals surface area contributed by atoms with Crippen molar-refractivity contribution in [1.29, 1.82) is 0 Å². The minimum absolute atomic E-state index is 0.125. The van der Waals surface area contributed by atoms with Gasteiger partial charge in [-0.15, -0.1) is 0 Å². The van der Waals surface area contributed by atoms with E-state index in [-0.39, 0.29) is 5.91 Å². The van der Waals surface area contributed by atoms with Gasteiger partial charge in [0.15, 0.2) is 0 Å². The van der Waals surface area contributed by atoms with E-state index in [1.807, 2.05) is 0 Å². The van der Waals surface area contributed by atoms with Crippen LogP contribution in [0.4, 0.5) is 0 Å². The number of amides is 1. The lowest BCUT2D eigenvalue weighted by atomic mass is 9.80. The molecule has 0 aliphatic heterocycles. The van der Waals surface area contributed by atoms with Gasteiger partial charge < -0.3 is 15.4 Å². The van der Waals surface area contributed by atoms with Crippen molar-refractivity contribution in [3.63, 3.8) is 0 Å². The number of rotatable bonds is 6. The third kappa shape index (κ3) is 4.59. The lowest BCUT2D eigenvalue weighted by Gasteiger charge is -2.05. The van der Waals surface area contributed by atoms with Crippen molar-refractivity contribution in [1.82, 2.24) is 5.32 Å². The Bertz CT molecular complexity index is 351. The quantitative estimate of drug-likeness (QED) is 0.490. The first-order valence-electron chi connectivity index (χ1n) is 5.89. The third-order valence-corrected chi connectivity index (χ3v) is 2.54. The summed E-state index contributed by atoms with van der Waals surface area (Å²) in [6.07, 6.45) is 3.21. The van der Waals surface area contributed by atoms with Crippen molar-refractivity contribution in [3.05, 3.63) is 29.8 Å². The predicted molar refractivity (Wildman–Crippen MR) is 68.1 cm³/mol. The Hall–Kier alpha value is -1.33. The van der Waals surface area contributed by atoms with E-state index in [1.165, 1.54) is 12.1 Å². The molecular weight excluding hydrogens is 217 g/mol. The van der Waals surface area contributed by atoms with E-state index >= 15 is 0 Å². The van der Waals surface area contributed by atoms with Crippen LogP contribution in [0, 0.1) is 0 Å². The molecule has 0 atom stereocenters. The molecule has 5 heteroatoms. The minimum atomic E-state index is -1.49. The molecule has 0 unspecified atom stereocenters. The van der Waals surface area contributed by atoms with E-state index in [9.17, 15) is 4.79 Å². The molecule has 0 aliphatic carbocycles. The molecule has 0 heterocycles. The van der Waals surface area contributed by atoms with Gasteiger partial charge in [-0.25, -0.2) is 0 Å². The number of nitrogens with one attached hydrogen (secondary N) is 1. The fourth-order valence-electron chi connectivity index (χ4n) is 1.49. The van der Waals surface area contributed by atoms with Gasteiger partial charge in [0.2, 0.25) is 0 Å². The highest BCUT2D eigenvalue weighted by Crippen LogP contribution is 1.98. The van der Waals surface area contributed by atoms with Crippen LogP contribution in [-0.4, -0.2) is 29.6 Å². The molecule has 0 saturated heterocycles. The summed E-state index contributed by atoms with van der Waals surface area (Å²) in [4.78, 5) is 11.7. The van der Waals surface area contributed by atoms with Crippen LogP contribution in [0.1, 0.15) is 36.5 Å². The average Bonchev–Trinajstić information content (AvgIpc) is 2.34. The molecule has 1 aromatic carbocycles. The maximum atomic E-state index is 11.7. The molecule has 1 aromatic rings. The van der Waals surface area contributed by atoms with E-state index < -0.39 is 7.12 Å². The molecular formula is C12H18BNO3. The van der Waals surface area contributed by atoms with Crippen molar-refractivity contribution < 1.29 is 14.8 Å². The maximum Gasteiger partial charge on any atom is 0.488 e. The monoisotopic (exact) mass is 235 g/mol. The Morgan fingerprint density at radius 3 is 2.41 bits per heavy atom. The summed E-state index contributed by atoms with van der Waals surface area (Å²) in [5.41, 5.74) is 0.915. The van der Waals surface area contributed by atoms with Gasteiger partial charge in [-0.05, 0) is 24.0 Å². The van der Waals surface area contributed by atoms with Crippen LogP contribution < -0.4 is 10.8 Å². The number of hydrogen-bond acceptors (Lipinski definition) is 3. The number of carbonyl (C=O) groups excluding carboxylic acids is 1. The van der Waals surface area contributed by atoms with Crippen LogP contribution in [0.2, 0.25) is 0 Å². The lowest BCUT2D eigenvalue weighted by Crippen LogP contribution is -2.30. The Labute approximate surface area is 102 Å². The summed E-state index contributed by atoms with van der Waals surface area (Å²) >= 11 is 0. The van der Waals surface area contributed by atoms with E-state index in [0.29, 0.717) is 17.6 Å². The van der Waals surface area contributed by atoms with Crippen LogP contribution in [-0.2, 0) is 0 Å². The molecule has 0 aromatic heterocycles. The molecule has 1 rings (SSSR count). The van der Waals surface area contributed by atoms with Gasteiger partial charge in [0.25, 0.3) is 5.91 Å². The Morgan fingerprint density at radius 1 is 1.24 bits per heavy atom. The number of hydrogen-bond donors (Lipinski definition) is 3. The summed E-state index contributed by atoms with van der Waals surface area (Å²) in [6.45, 7) is 2.79. The summed E-state index contributed by atoms with van der Waals surface area (Å²) in [7, 11) is -1.49. The van der Waals surface area contributed by atoms with Gasteiger partial charge in [0, 0.05) is 12.1 Å². The van der Waals surface area contributed by atoms with E-state index in [0.717, 1.165) is 19.3 Å². The second-order valence-electron chi connectivity index (χ2n) is 3.96. The molecule has 0 aliphatic rings. The van der Waals surface area contributed by atoms with Gasteiger partial charge in [-0.1, -0.05) is 31.9 Å². The van der Waals surface area contributed by atoms with Gasteiger partial charge in [-0.2, -0.15) is 0 Å². The standard InChI is InChI=1S/C12H18BNO3/c1-2-3-4-9-14-12(15)10-5-7-11(8-6-10)13(16)17/h5-8,16-17H,2-4,9H2,1H3,(H,14,15). The summed E-state index contributed by atoms with van der Waals surface area (Å²) < 4.78 is 0. The van der Waals surface area contributed by atoms with Crippen molar-refractivity contribution in [2.45, 2.75) is 26.2 Å². The van der Waals surface area contributed by atoms with Gasteiger partial charge >= 0.3 is 7.12 Å². The van der Waals surface area contributed by atoms with E-state index in [4.69, 9.17) is 10.0 Å². The average molecular weight is 235 g/mol. The second-order valence-corrected chi connectivity index (χ2v) is 3.96. The number of benzene rings is 1. The van der Waals surface area contributed by atoms with Crippen LogP contribution in [0.3, 0.4) is 0 Å². The highest BCUT2D eigenvalue weighted by atomic mass is 16.4. The number of unbranched alkanes of at least 4 members (excludes halogenated alkanes) is 2. The Morgan fingerprint density at radius 2 is 1.88 bits per heavy atom. The van der Waals surface area contributed by atoms with Gasteiger partial charge in [0.05, 0.1) is 0 Å². The van der Waals surface area contributed by atoms with E-state index in [1.54, 1.807) is 12.1 Å². The maximum absolute atomic E-state index is 11.7. The van der Waals surface area contributed by atoms with Crippen LogP contribution in [0.25, 0.3) is 0 Å². The Kier molecular flexibility index (Phi) is 5.73. The molecule has 0 bridgehead atoms. The van der Waals surface area contributed by atoms with Gasteiger partial charge in [0.1, 0.15) is 0 Å². The van der Waals surface area contributed by atoms with Crippen molar-refractivity contribution in [3.8, 4) is 0 Å². The highest BCUT2D eigenvalue weighted by Gasteiger charge is 2.11. The fraction of sp³-hybridized carbons (Fsp3) is 0.417. The van der Waals surface area contributed by atoms with Crippen molar-refractivity contribution in [2.24, 2.45) is 0 Å². The van der Waals surface area contributed by atoms with Crippen molar-refractivity contribution in [2.75, 3.05) is 6.54 Å². The fourth-order valence-corrected chi connectivity index (χ4v) is 1.49. The van der Waals surface area contributed by atoms with Crippen LogP contribution in [0.5, 0.6) is 0 Å². The molecule has 17 heavy (non-hydrogen) atoms. The first kappa shape index (κ1) is 13.7. The van der Waals surface area contributed by atoms with Gasteiger partial charge in [-0.3, -0.25) is 4.79 Å². The molecule has 0 saturated carbocycles. The first-order chi connectivity index (χ1) is 8.15. The topological polar surface area (TPSA) is 69.6 Å². The van der Waals surface area contributed by atoms with Crippen LogP contribution in [0.15, 0.2) is 24.3 Å². The summed E-state index contributed by atoms with van der Waals surface area (Å²) in [6, 6.07) is 6.24. The largest absolute Gasteiger partial charge is 0.488 e. The highest BCUT2D eigenvalue weighted by molar-refractivity contribution is 6.58. The van der Waals surface area contributed by atoms with Crippen molar-refractivity contribution >= 4 is 18.5 Å². The normalized spacial score (nSPS) is 10.1. The lowest BCUT2D eigenvalue weighted by molar-refractivity contribution is 0.0953. The van der Waals surface area contributed by atoms with E-state index in [2.05, 4.69) is 12.2 Å². The zero-order chi connectivity index (χ0) is 12.7. The molecule has 1 amide bonds. The SMILES string of the molecule is CCCCCNC(=O)c1ccc(B(O)O)cc1. The second kappa shape index (κ2) is 7.09. The Balaban J connectivity index is 2.46.